The van der Waals surface area contributed by atoms with Gasteiger partial charge in [-0.25, -0.2) is 0 Å². The van der Waals surface area contributed by atoms with Crippen LogP contribution in [-0.2, 0) is 26.7 Å². The maximum absolute atomic E-state index is 13.3. The lowest BCUT2D eigenvalue weighted by atomic mass is 9.83. The summed E-state index contributed by atoms with van der Waals surface area (Å²) in [6, 6.07) is 4.15. The van der Waals surface area contributed by atoms with Gasteiger partial charge in [-0.2, -0.15) is 10.1 Å². The lowest BCUT2D eigenvalue weighted by molar-refractivity contribution is 0.273. The van der Waals surface area contributed by atoms with E-state index < -0.39 is 0 Å². The minimum Gasteiger partial charge on any atom is -0.338 e. The lowest BCUT2D eigenvalue weighted by Gasteiger charge is -2.42. The summed E-state index contributed by atoms with van der Waals surface area (Å²) >= 11 is 0. The molecule has 2 aliphatic heterocycles. The van der Waals surface area contributed by atoms with Gasteiger partial charge in [0.1, 0.15) is 0 Å². The smallest absolute Gasteiger partial charge is 0.266 e. The summed E-state index contributed by atoms with van der Waals surface area (Å²) in [5.41, 5.74) is 3.25. The van der Waals surface area contributed by atoms with Crippen LogP contribution in [-0.4, -0.2) is 49.5 Å². The van der Waals surface area contributed by atoms with E-state index in [0.717, 1.165) is 49.4 Å². The highest BCUT2D eigenvalue weighted by atomic mass is 16.5. The van der Waals surface area contributed by atoms with E-state index in [-0.39, 0.29) is 5.56 Å². The van der Waals surface area contributed by atoms with E-state index in [9.17, 15) is 4.79 Å². The molecule has 0 N–H and O–H groups in total. The molecular formula is C21H27N7O2. The number of fused-ring (bicyclic) bond motifs is 4. The molecule has 0 aromatic carbocycles. The predicted molar refractivity (Wildman–Crippen MR) is 111 cm³/mol. The van der Waals surface area contributed by atoms with Gasteiger partial charge in [-0.3, -0.25) is 14.4 Å². The molecule has 9 heteroatoms. The van der Waals surface area contributed by atoms with Crippen LogP contribution in [0.15, 0.2) is 33.8 Å². The maximum atomic E-state index is 13.3. The molecule has 3 aromatic heterocycles. The molecule has 5 rings (SSSR count). The molecule has 0 radical (unpaired) electrons. The first-order valence-corrected chi connectivity index (χ1v) is 10.4. The fourth-order valence-electron chi connectivity index (χ4n) is 4.90. The Morgan fingerprint density at radius 3 is 2.83 bits per heavy atom. The monoisotopic (exact) mass is 409 g/mol. The topological polar surface area (TPSA) is 85.2 Å². The lowest BCUT2D eigenvalue weighted by Crippen LogP contribution is -2.48. The molecule has 3 aromatic rings. The molecule has 0 aliphatic carbocycles. The number of aryl methyl sites for hydroxylation is 2. The Morgan fingerprint density at radius 1 is 1.23 bits per heavy atom. The number of rotatable bonds is 5. The van der Waals surface area contributed by atoms with Crippen molar-refractivity contribution in [2.45, 2.75) is 38.9 Å². The Bertz CT molecular complexity index is 1110. The van der Waals surface area contributed by atoms with Crippen molar-refractivity contribution in [3.8, 4) is 0 Å². The Morgan fingerprint density at radius 2 is 2.10 bits per heavy atom. The molecule has 30 heavy (non-hydrogen) atoms. The zero-order chi connectivity index (χ0) is 20.8. The molecule has 158 valence electrons. The van der Waals surface area contributed by atoms with Crippen molar-refractivity contribution in [3.63, 3.8) is 0 Å². The summed E-state index contributed by atoms with van der Waals surface area (Å²) in [5.74, 6) is 1.96. The molecule has 2 bridgehead atoms. The van der Waals surface area contributed by atoms with E-state index in [1.165, 1.54) is 0 Å². The molecule has 1 fully saturated rings. The Balaban J connectivity index is 1.35. The Kier molecular flexibility index (Phi) is 4.69. The second kappa shape index (κ2) is 7.39. The van der Waals surface area contributed by atoms with Crippen LogP contribution < -0.4 is 10.5 Å². The van der Waals surface area contributed by atoms with Gasteiger partial charge in [0.2, 0.25) is 5.89 Å². The summed E-state index contributed by atoms with van der Waals surface area (Å²) in [6.07, 6.45) is 4.98. The maximum Gasteiger partial charge on any atom is 0.266 e. The molecule has 5 heterocycles. The first kappa shape index (κ1) is 19.0. The minimum absolute atomic E-state index is 0.143. The highest BCUT2D eigenvalue weighted by molar-refractivity contribution is 5.33. The zero-order valence-corrected chi connectivity index (χ0v) is 17.7. The highest BCUT2D eigenvalue weighted by Gasteiger charge is 2.36. The third-order valence-corrected chi connectivity index (χ3v) is 6.13. The van der Waals surface area contributed by atoms with Crippen molar-refractivity contribution < 1.29 is 4.52 Å². The number of pyridine rings is 1. The van der Waals surface area contributed by atoms with Gasteiger partial charge in [-0.05, 0) is 30.6 Å². The molecule has 9 nitrogen and oxygen atoms in total. The van der Waals surface area contributed by atoms with Crippen LogP contribution in [0.4, 0.5) is 5.95 Å². The number of piperidine rings is 1. The second-order valence-corrected chi connectivity index (χ2v) is 8.71. The second-order valence-electron chi connectivity index (χ2n) is 8.71. The molecule has 0 spiro atoms. The summed E-state index contributed by atoms with van der Waals surface area (Å²) in [6.45, 7) is 5.61. The van der Waals surface area contributed by atoms with E-state index in [1.807, 2.05) is 44.0 Å². The average molecular weight is 409 g/mol. The Hall–Kier alpha value is -2.94. The zero-order valence-electron chi connectivity index (χ0n) is 17.7. The number of nitrogens with zero attached hydrogens (tertiary/aromatic N) is 7. The molecule has 2 atom stereocenters. The van der Waals surface area contributed by atoms with E-state index in [1.54, 1.807) is 4.68 Å². The summed E-state index contributed by atoms with van der Waals surface area (Å²) in [5, 5.41) is 8.30. The fourth-order valence-corrected chi connectivity index (χ4v) is 4.90. The van der Waals surface area contributed by atoms with Gasteiger partial charge in [0.05, 0.1) is 6.20 Å². The molecule has 0 saturated carbocycles. The van der Waals surface area contributed by atoms with Gasteiger partial charge in [-0.15, -0.1) is 0 Å². The number of anilines is 1. The van der Waals surface area contributed by atoms with E-state index in [0.29, 0.717) is 30.2 Å². The quantitative estimate of drug-likeness (QED) is 0.632. The standard InChI is InChI=1S/C21H27N7O2/c1-14-23-21(24-30-14)27-10-15-6-18(13-27)19-5-4-17(20(29)28(19)11-15)12-25(2)8-16-7-22-26(3)9-16/h4-5,7,9,15,18H,6,8,10-13H2,1-3H3/t15-,18+/m0/s1. The summed E-state index contributed by atoms with van der Waals surface area (Å²) in [4.78, 5) is 22.0. The molecule has 0 amide bonds. The van der Waals surface area contributed by atoms with Crippen LogP contribution in [0.5, 0.6) is 0 Å². The number of hydrogen-bond acceptors (Lipinski definition) is 7. The van der Waals surface area contributed by atoms with Gasteiger partial charge in [0, 0.05) is 75.6 Å². The van der Waals surface area contributed by atoms with Crippen molar-refractivity contribution in [2.24, 2.45) is 13.0 Å². The van der Waals surface area contributed by atoms with Crippen LogP contribution in [0.2, 0.25) is 0 Å². The molecule has 0 unspecified atom stereocenters. The van der Waals surface area contributed by atoms with Gasteiger partial charge >= 0.3 is 0 Å². The van der Waals surface area contributed by atoms with Gasteiger partial charge in [0.25, 0.3) is 11.5 Å². The van der Waals surface area contributed by atoms with Crippen LogP contribution in [0.1, 0.15) is 35.1 Å². The van der Waals surface area contributed by atoms with E-state index in [2.05, 4.69) is 31.1 Å². The van der Waals surface area contributed by atoms with E-state index in [4.69, 9.17) is 4.52 Å². The van der Waals surface area contributed by atoms with Gasteiger partial charge in [-0.1, -0.05) is 6.07 Å². The van der Waals surface area contributed by atoms with E-state index >= 15 is 0 Å². The highest BCUT2D eigenvalue weighted by Crippen LogP contribution is 2.36. The summed E-state index contributed by atoms with van der Waals surface area (Å²) < 4.78 is 8.96. The molecule has 2 aliphatic rings. The van der Waals surface area contributed by atoms with Crippen molar-refractivity contribution >= 4 is 5.95 Å². The van der Waals surface area contributed by atoms with Crippen LogP contribution in [0, 0.1) is 12.8 Å². The first-order chi connectivity index (χ1) is 14.5. The predicted octanol–water partition coefficient (Wildman–Crippen LogP) is 1.53. The van der Waals surface area contributed by atoms with Gasteiger partial charge in [0.15, 0.2) is 0 Å². The average Bonchev–Trinajstić information content (AvgIpc) is 3.32. The fraction of sp³-hybridized carbons (Fsp3) is 0.524. The largest absolute Gasteiger partial charge is 0.338 e. The van der Waals surface area contributed by atoms with Crippen molar-refractivity contribution in [1.82, 2.24) is 29.4 Å². The summed E-state index contributed by atoms with van der Waals surface area (Å²) in [7, 11) is 3.95. The SMILES string of the molecule is Cc1nc(N2C[C@@H]3C[C@H](C2)c2ccc(CN(C)Cc4cnn(C)c4)c(=O)n2C3)no1. The van der Waals surface area contributed by atoms with Crippen LogP contribution >= 0.6 is 0 Å². The van der Waals surface area contributed by atoms with Crippen molar-refractivity contribution in [3.05, 3.63) is 57.6 Å². The third kappa shape index (κ3) is 3.54. The number of hydrogen-bond donors (Lipinski definition) is 0. The van der Waals surface area contributed by atoms with Crippen molar-refractivity contribution in [2.75, 3.05) is 25.0 Å². The molecule has 1 saturated heterocycles. The molecular weight excluding hydrogens is 382 g/mol. The van der Waals surface area contributed by atoms with Crippen LogP contribution in [0.3, 0.4) is 0 Å². The first-order valence-electron chi connectivity index (χ1n) is 10.4. The number of aromatic nitrogens is 5. The normalized spacial score (nSPS) is 20.6. The van der Waals surface area contributed by atoms with Crippen LogP contribution in [0.25, 0.3) is 0 Å². The third-order valence-electron chi connectivity index (χ3n) is 6.13. The van der Waals surface area contributed by atoms with Gasteiger partial charge < -0.3 is 14.0 Å². The van der Waals surface area contributed by atoms with Crippen molar-refractivity contribution in [1.29, 1.82) is 0 Å². The Labute approximate surface area is 174 Å². The minimum atomic E-state index is 0.143.